The molecule has 0 bridgehead atoms. The summed E-state index contributed by atoms with van der Waals surface area (Å²) in [4.78, 5) is 12.4. The highest BCUT2D eigenvalue weighted by Gasteiger charge is 2.42. The predicted octanol–water partition coefficient (Wildman–Crippen LogP) is 1.91. The lowest BCUT2D eigenvalue weighted by Crippen LogP contribution is -2.37. The number of halogens is 1. The van der Waals surface area contributed by atoms with Crippen molar-refractivity contribution in [3.05, 3.63) is 63.7 Å². The Morgan fingerprint density at radius 3 is 2.67 bits per heavy atom. The van der Waals surface area contributed by atoms with E-state index in [4.69, 9.17) is 40.6 Å². The lowest BCUT2D eigenvalue weighted by molar-refractivity contribution is -0.742. The molecule has 0 aliphatic carbocycles. The minimum absolute atomic E-state index is 0.0640. The van der Waals surface area contributed by atoms with Crippen molar-refractivity contribution in [1.29, 1.82) is 0 Å². The van der Waals surface area contributed by atoms with Gasteiger partial charge in [0.15, 0.2) is 5.79 Å². The Hall–Kier alpha value is -2.25. The van der Waals surface area contributed by atoms with Gasteiger partial charge in [-0.1, -0.05) is 23.7 Å². The first-order chi connectivity index (χ1) is 14.1. The Morgan fingerprint density at radius 2 is 2.10 bits per heavy atom. The van der Waals surface area contributed by atoms with E-state index in [0.29, 0.717) is 18.0 Å². The molecule has 1 N–H and O–H groups in total. The Bertz CT molecular complexity index is 904. The van der Waals surface area contributed by atoms with Crippen LogP contribution in [0.4, 0.5) is 0 Å². The maximum absolute atomic E-state index is 11.2. The molecule has 0 spiro atoms. The van der Waals surface area contributed by atoms with E-state index in [0.717, 1.165) is 18.2 Å². The van der Waals surface area contributed by atoms with Gasteiger partial charge >= 0.3 is 0 Å². The molecule has 2 heterocycles. The number of ether oxygens (including phenoxy) is 2. The molecule has 166 valence electrons. The van der Waals surface area contributed by atoms with Gasteiger partial charge in [0, 0.05) is 23.8 Å². The van der Waals surface area contributed by atoms with Crippen molar-refractivity contribution in [3.8, 4) is 0 Å². The number of imidazole rings is 1. The van der Waals surface area contributed by atoms with E-state index in [9.17, 15) is 8.42 Å². The van der Waals surface area contributed by atoms with E-state index >= 15 is 0 Å². The fraction of sp³-hybridized carbons (Fsp3) is 0.471. The Kier molecular flexibility index (Phi) is 8.55. The molecule has 3 rings (SSSR count). The topological polar surface area (TPSA) is 143 Å². The second-order valence-corrected chi connectivity index (χ2v) is 8.63. The highest BCUT2D eigenvalue weighted by molar-refractivity contribution is 7.85. The van der Waals surface area contributed by atoms with E-state index in [1.165, 1.54) is 0 Å². The average molecular weight is 464 g/mol. The summed E-state index contributed by atoms with van der Waals surface area (Å²) < 4.78 is 41.2. The quantitative estimate of drug-likeness (QED) is 0.352. The minimum Gasteiger partial charge on any atom is -0.345 e. The molecule has 13 heteroatoms. The van der Waals surface area contributed by atoms with Crippen molar-refractivity contribution < 1.29 is 32.4 Å². The number of rotatable bonds is 8. The lowest BCUT2D eigenvalue weighted by Gasteiger charge is -2.28. The Balaban J connectivity index is 0.000000735. The average Bonchev–Trinajstić information content (AvgIpc) is 3.29. The predicted molar refractivity (Wildman–Crippen MR) is 105 cm³/mol. The molecule has 0 radical (unpaired) electrons. The van der Waals surface area contributed by atoms with Crippen LogP contribution in [0.5, 0.6) is 0 Å². The third-order valence-corrected chi connectivity index (χ3v) is 4.89. The van der Waals surface area contributed by atoms with Gasteiger partial charge in [-0.05, 0) is 24.1 Å². The lowest BCUT2D eigenvalue weighted by atomic mass is 10.0. The number of hydrogen-bond acceptors (Lipinski definition) is 8. The second-order valence-electron chi connectivity index (χ2n) is 6.55. The molecule has 0 unspecified atom stereocenters. The molecule has 1 aliphatic rings. The smallest absolute Gasteiger partial charge is 0.291 e. The first-order valence-electron chi connectivity index (χ1n) is 8.76. The normalized spacial score (nSPS) is 21.1. The maximum atomic E-state index is 11.2. The zero-order valence-electron chi connectivity index (χ0n) is 16.1. The molecule has 0 amide bonds. The van der Waals surface area contributed by atoms with Gasteiger partial charge in [-0.2, -0.15) is 8.42 Å². The van der Waals surface area contributed by atoms with E-state index < -0.39 is 27.1 Å². The van der Waals surface area contributed by atoms with Crippen molar-refractivity contribution in [3.63, 3.8) is 0 Å². The van der Waals surface area contributed by atoms with Gasteiger partial charge in [0.2, 0.25) is 0 Å². The van der Waals surface area contributed by atoms with Crippen molar-refractivity contribution in [2.24, 2.45) is 0 Å². The Labute approximate surface area is 178 Å². The number of benzene rings is 1. The van der Waals surface area contributed by atoms with Crippen LogP contribution >= 0.6 is 11.6 Å². The molecule has 1 aromatic carbocycles. The third-order valence-electron chi connectivity index (χ3n) is 4.07. The number of hydrogen-bond donors (Lipinski definition) is 1. The van der Waals surface area contributed by atoms with Crippen LogP contribution < -0.4 is 0 Å². The van der Waals surface area contributed by atoms with Gasteiger partial charge in [-0.3, -0.25) is 4.18 Å². The molecular weight excluding hydrogens is 442 g/mol. The minimum atomic E-state index is -3.52. The number of aromatic nitrogens is 2. The van der Waals surface area contributed by atoms with Crippen molar-refractivity contribution >= 4 is 21.7 Å². The molecule has 1 saturated heterocycles. The van der Waals surface area contributed by atoms with E-state index in [1.54, 1.807) is 12.5 Å². The molecule has 11 nitrogen and oxygen atoms in total. The first-order valence-corrected chi connectivity index (χ1v) is 11.0. The molecule has 1 aromatic heterocycles. The number of nitrogens with zero attached hydrogens (tertiary/aromatic N) is 3. The summed E-state index contributed by atoms with van der Waals surface area (Å²) in [5.41, 5.74) is 1.11. The standard InChI is InChI=1S/C17H21ClN2O5S.HNO3/c1-26(21,22)24-11-16-10-23-17(25-16,12-20-9-8-19-13-20)7-6-14-2-4-15(18)5-3-14;2-1(3)4/h2-5,8-9,13,16H,6-7,10-12H2,1H3;(H,2,3,4)/t16-,17+;/m0./s1. The van der Waals surface area contributed by atoms with Crippen LogP contribution in [-0.4, -0.2) is 59.6 Å². The summed E-state index contributed by atoms with van der Waals surface area (Å²) in [5.74, 6) is -0.869. The summed E-state index contributed by atoms with van der Waals surface area (Å²) >= 11 is 5.93. The van der Waals surface area contributed by atoms with Crippen LogP contribution in [0, 0.1) is 10.1 Å². The SMILES string of the molecule is CS(=O)(=O)OC[C@@H]1CO[C@@](CCc2ccc(Cl)cc2)(Cn2ccnc2)O1.O=[N+]([O-])O. The van der Waals surface area contributed by atoms with Gasteiger partial charge in [-0.25, -0.2) is 4.98 Å². The maximum Gasteiger partial charge on any atom is 0.291 e. The summed E-state index contributed by atoms with van der Waals surface area (Å²) in [6, 6.07) is 7.62. The monoisotopic (exact) mass is 463 g/mol. The molecule has 1 fully saturated rings. The highest BCUT2D eigenvalue weighted by Crippen LogP contribution is 2.31. The molecule has 0 saturated carbocycles. The van der Waals surface area contributed by atoms with E-state index in [-0.39, 0.29) is 13.2 Å². The molecule has 2 aromatic rings. The Morgan fingerprint density at radius 1 is 1.43 bits per heavy atom. The fourth-order valence-corrected chi connectivity index (χ4v) is 3.36. The molecule has 2 atom stereocenters. The van der Waals surface area contributed by atoms with Crippen LogP contribution in [-0.2, 0) is 36.7 Å². The van der Waals surface area contributed by atoms with Crippen LogP contribution in [0.25, 0.3) is 0 Å². The van der Waals surface area contributed by atoms with Crippen molar-refractivity contribution in [1.82, 2.24) is 9.55 Å². The largest absolute Gasteiger partial charge is 0.345 e. The van der Waals surface area contributed by atoms with Crippen molar-refractivity contribution in [2.75, 3.05) is 19.5 Å². The molecule has 1 aliphatic heterocycles. The summed E-state index contributed by atoms with van der Waals surface area (Å²) in [7, 11) is -3.52. The number of aryl methyl sites for hydroxylation is 1. The van der Waals surface area contributed by atoms with Crippen LogP contribution in [0.1, 0.15) is 12.0 Å². The van der Waals surface area contributed by atoms with Crippen LogP contribution in [0.3, 0.4) is 0 Å². The summed E-state index contributed by atoms with van der Waals surface area (Å²) in [6.07, 6.45) is 7.11. The first kappa shape index (κ1) is 24.0. The van der Waals surface area contributed by atoms with Gasteiger partial charge in [0.25, 0.3) is 15.2 Å². The van der Waals surface area contributed by atoms with E-state index in [1.807, 2.05) is 35.0 Å². The second kappa shape index (κ2) is 10.7. The zero-order chi connectivity index (χ0) is 22.2. The van der Waals surface area contributed by atoms with Gasteiger partial charge in [-0.15, -0.1) is 10.1 Å². The van der Waals surface area contributed by atoms with Crippen molar-refractivity contribution in [2.45, 2.75) is 31.3 Å². The van der Waals surface area contributed by atoms with Crippen LogP contribution in [0.15, 0.2) is 43.0 Å². The van der Waals surface area contributed by atoms with E-state index in [2.05, 4.69) is 4.98 Å². The third kappa shape index (κ3) is 8.63. The molecular formula is C17H22ClN3O8S. The van der Waals surface area contributed by atoms with Gasteiger partial charge in [0.1, 0.15) is 6.10 Å². The fourth-order valence-electron chi connectivity index (χ4n) is 2.84. The zero-order valence-corrected chi connectivity index (χ0v) is 17.7. The molecule has 30 heavy (non-hydrogen) atoms. The van der Waals surface area contributed by atoms with Gasteiger partial charge < -0.3 is 19.2 Å². The van der Waals surface area contributed by atoms with Crippen LogP contribution in [0.2, 0.25) is 5.02 Å². The highest BCUT2D eigenvalue weighted by atomic mass is 35.5. The summed E-state index contributed by atoms with van der Waals surface area (Å²) in [5, 5.41) is 14.3. The van der Waals surface area contributed by atoms with Gasteiger partial charge in [0.05, 0.1) is 32.3 Å². The summed E-state index contributed by atoms with van der Waals surface area (Å²) in [6.45, 7) is 0.659.